The van der Waals surface area contributed by atoms with Crippen molar-refractivity contribution in [1.82, 2.24) is 19.5 Å². The molecule has 3 aromatic heterocycles. The minimum Gasteiger partial charge on any atom is -0.485 e. The van der Waals surface area contributed by atoms with Crippen LogP contribution in [0.3, 0.4) is 0 Å². The lowest BCUT2D eigenvalue weighted by molar-refractivity contribution is 0.136. The van der Waals surface area contributed by atoms with Gasteiger partial charge in [0.1, 0.15) is 35.0 Å². The molecule has 150 valence electrons. The molecular formula is C21H21ClN4O3. The molecule has 0 bridgehead atoms. The SMILES string of the molecule is Cc1cc2c(c(=O)o1)C=C1CC[C@H](C(C)Cn3cnc4c(Cl)ncnc43)C[C@@H]1O2. The Morgan fingerprint density at radius 2 is 2.21 bits per heavy atom. The summed E-state index contributed by atoms with van der Waals surface area (Å²) in [7, 11) is 0. The molecule has 0 amide bonds. The van der Waals surface area contributed by atoms with Crippen molar-refractivity contribution in [2.45, 2.75) is 45.8 Å². The van der Waals surface area contributed by atoms with Crippen molar-refractivity contribution >= 4 is 28.8 Å². The number of aromatic nitrogens is 4. The maximum absolute atomic E-state index is 12.1. The molecule has 29 heavy (non-hydrogen) atoms. The molecule has 3 atom stereocenters. The number of rotatable bonds is 3. The molecule has 1 aliphatic carbocycles. The smallest absolute Gasteiger partial charge is 0.346 e. The normalized spacial score (nSPS) is 21.8. The molecule has 1 aliphatic heterocycles. The number of halogens is 1. The molecule has 1 unspecified atom stereocenters. The Morgan fingerprint density at radius 1 is 1.34 bits per heavy atom. The van der Waals surface area contributed by atoms with Crippen LogP contribution in [0.2, 0.25) is 5.15 Å². The molecule has 0 aromatic carbocycles. The van der Waals surface area contributed by atoms with E-state index in [1.807, 2.05) is 10.6 Å². The largest absolute Gasteiger partial charge is 0.485 e. The minimum atomic E-state index is -0.325. The van der Waals surface area contributed by atoms with Crippen LogP contribution in [-0.4, -0.2) is 25.6 Å². The van der Waals surface area contributed by atoms with Gasteiger partial charge in [-0.3, -0.25) is 0 Å². The molecule has 4 heterocycles. The van der Waals surface area contributed by atoms with E-state index in [-0.39, 0.29) is 11.7 Å². The summed E-state index contributed by atoms with van der Waals surface area (Å²) in [6, 6.07) is 1.80. The fourth-order valence-electron chi connectivity index (χ4n) is 4.47. The highest BCUT2D eigenvalue weighted by atomic mass is 35.5. The fraction of sp³-hybridized carbons (Fsp3) is 0.429. The Balaban J connectivity index is 1.34. The molecule has 1 fully saturated rings. The lowest BCUT2D eigenvalue weighted by Gasteiger charge is -2.37. The second-order valence-electron chi connectivity index (χ2n) is 7.99. The second-order valence-corrected chi connectivity index (χ2v) is 8.35. The summed E-state index contributed by atoms with van der Waals surface area (Å²) in [5.41, 5.74) is 2.79. The third-order valence-electron chi connectivity index (χ3n) is 6.05. The predicted octanol–water partition coefficient (Wildman–Crippen LogP) is 4.02. The van der Waals surface area contributed by atoms with Crippen LogP contribution in [0.25, 0.3) is 17.2 Å². The number of nitrogens with zero attached hydrogens (tertiary/aromatic N) is 4. The highest BCUT2D eigenvalue weighted by Gasteiger charge is 2.34. The Bertz CT molecular complexity index is 1180. The average molecular weight is 413 g/mol. The van der Waals surface area contributed by atoms with Crippen molar-refractivity contribution in [2.75, 3.05) is 0 Å². The molecule has 0 saturated heterocycles. The molecule has 3 aromatic rings. The van der Waals surface area contributed by atoms with Crippen molar-refractivity contribution < 1.29 is 9.15 Å². The summed E-state index contributed by atoms with van der Waals surface area (Å²) >= 11 is 6.12. The lowest BCUT2D eigenvalue weighted by atomic mass is 9.76. The predicted molar refractivity (Wildman–Crippen MR) is 109 cm³/mol. The quantitative estimate of drug-likeness (QED) is 0.604. The van der Waals surface area contributed by atoms with E-state index in [4.69, 9.17) is 20.8 Å². The summed E-state index contributed by atoms with van der Waals surface area (Å²) in [6.45, 7) is 4.82. The zero-order valence-corrected chi connectivity index (χ0v) is 17.0. The van der Waals surface area contributed by atoms with Crippen LogP contribution in [0.4, 0.5) is 0 Å². The van der Waals surface area contributed by atoms with Crippen LogP contribution in [0.15, 0.2) is 33.5 Å². The molecule has 5 rings (SSSR count). The Morgan fingerprint density at radius 3 is 3.07 bits per heavy atom. The van der Waals surface area contributed by atoms with E-state index < -0.39 is 0 Å². The van der Waals surface area contributed by atoms with Crippen LogP contribution >= 0.6 is 11.6 Å². The third kappa shape index (κ3) is 3.23. The van der Waals surface area contributed by atoms with Gasteiger partial charge in [0.2, 0.25) is 0 Å². The van der Waals surface area contributed by atoms with Gasteiger partial charge in [-0.2, -0.15) is 0 Å². The molecule has 7 nitrogen and oxygen atoms in total. The topological polar surface area (TPSA) is 83.0 Å². The van der Waals surface area contributed by atoms with Gasteiger partial charge in [-0.05, 0) is 49.7 Å². The summed E-state index contributed by atoms with van der Waals surface area (Å²) in [4.78, 5) is 24.8. The molecule has 1 saturated carbocycles. The van der Waals surface area contributed by atoms with Crippen molar-refractivity contribution in [3.8, 4) is 5.75 Å². The van der Waals surface area contributed by atoms with E-state index in [0.29, 0.717) is 39.6 Å². The second kappa shape index (κ2) is 6.99. The first kappa shape index (κ1) is 18.4. The van der Waals surface area contributed by atoms with Gasteiger partial charge >= 0.3 is 5.63 Å². The lowest BCUT2D eigenvalue weighted by Crippen LogP contribution is -2.34. The standard InChI is InChI=1S/C21H21ClN4O3/c1-11(8-26-10-25-18-19(22)23-9-24-20(18)26)13-3-4-14-6-15-17(29-16(14)7-13)5-12(2)28-21(15)27/h5-6,9-11,13,16H,3-4,7-8H2,1-2H3/t11?,13-,16-/m0/s1. The van der Waals surface area contributed by atoms with E-state index >= 15 is 0 Å². The fourth-order valence-corrected chi connectivity index (χ4v) is 4.64. The van der Waals surface area contributed by atoms with Gasteiger partial charge < -0.3 is 13.7 Å². The highest BCUT2D eigenvalue weighted by molar-refractivity contribution is 6.33. The van der Waals surface area contributed by atoms with E-state index in [0.717, 1.165) is 31.5 Å². The number of hydrogen-bond donors (Lipinski definition) is 0. The van der Waals surface area contributed by atoms with Crippen LogP contribution in [0, 0.1) is 18.8 Å². The van der Waals surface area contributed by atoms with Gasteiger partial charge in [0.25, 0.3) is 0 Å². The van der Waals surface area contributed by atoms with Crippen LogP contribution in [0.1, 0.15) is 37.5 Å². The van der Waals surface area contributed by atoms with Crippen molar-refractivity contribution in [1.29, 1.82) is 0 Å². The number of hydrogen-bond acceptors (Lipinski definition) is 6. The maximum Gasteiger partial charge on any atom is 0.346 e. The number of imidazole rings is 1. The summed E-state index contributed by atoms with van der Waals surface area (Å²) < 4.78 is 13.5. The highest BCUT2D eigenvalue weighted by Crippen LogP contribution is 2.40. The van der Waals surface area contributed by atoms with Gasteiger partial charge in [-0.1, -0.05) is 18.5 Å². The van der Waals surface area contributed by atoms with Crippen LogP contribution < -0.4 is 10.4 Å². The summed E-state index contributed by atoms with van der Waals surface area (Å²) in [5, 5.41) is 0.378. The minimum absolute atomic E-state index is 0.0150. The first-order valence-corrected chi connectivity index (χ1v) is 10.2. The number of aryl methyl sites for hydroxylation is 1. The number of ether oxygens (including phenoxy) is 1. The van der Waals surface area contributed by atoms with Gasteiger partial charge in [0, 0.05) is 12.6 Å². The van der Waals surface area contributed by atoms with Gasteiger partial charge in [-0.25, -0.2) is 19.7 Å². The van der Waals surface area contributed by atoms with Crippen molar-refractivity contribution in [2.24, 2.45) is 11.8 Å². The molecule has 0 radical (unpaired) electrons. The zero-order chi connectivity index (χ0) is 20.1. The van der Waals surface area contributed by atoms with Gasteiger partial charge in [-0.15, -0.1) is 0 Å². The van der Waals surface area contributed by atoms with E-state index in [9.17, 15) is 4.79 Å². The van der Waals surface area contributed by atoms with E-state index in [2.05, 4.69) is 21.9 Å². The van der Waals surface area contributed by atoms with Crippen LogP contribution in [-0.2, 0) is 6.54 Å². The molecule has 2 aliphatic rings. The molecule has 0 N–H and O–H groups in total. The first-order chi connectivity index (χ1) is 14.0. The monoisotopic (exact) mass is 412 g/mol. The molecule has 8 heteroatoms. The maximum atomic E-state index is 12.1. The Labute approximate surface area is 172 Å². The Kier molecular flexibility index (Phi) is 4.42. The molecular weight excluding hydrogens is 392 g/mol. The number of fused-ring (bicyclic) bond motifs is 3. The summed E-state index contributed by atoms with van der Waals surface area (Å²) in [6.07, 6.45) is 8.14. The van der Waals surface area contributed by atoms with E-state index in [1.54, 1.807) is 19.3 Å². The first-order valence-electron chi connectivity index (χ1n) is 9.83. The Hall–Kier alpha value is -2.67. The molecule has 0 spiro atoms. The summed E-state index contributed by atoms with van der Waals surface area (Å²) in [5.74, 6) is 2.11. The van der Waals surface area contributed by atoms with E-state index in [1.165, 1.54) is 11.9 Å². The van der Waals surface area contributed by atoms with Gasteiger partial charge in [0.05, 0.1) is 6.33 Å². The third-order valence-corrected chi connectivity index (χ3v) is 6.33. The van der Waals surface area contributed by atoms with Crippen molar-refractivity contribution in [3.63, 3.8) is 0 Å². The average Bonchev–Trinajstić information content (AvgIpc) is 3.10. The van der Waals surface area contributed by atoms with Crippen molar-refractivity contribution in [3.05, 3.63) is 51.2 Å². The zero-order valence-electron chi connectivity index (χ0n) is 16.3. The van der Waals surface area contributed by atoms with Crippen LogP contribution in [0.5, 0.6) is 5.75 Å². The van der Waals surface area contributed by atoms with Gasteiger partial charge in [0.15, 0.2) is 10.8 Å².